The molecule has 2 saturated heterocycles. The Morgan fingerprint density at radius 2 is 1.85 bits per heavy atom. The van der Waals surface area contributed by atoms with Gasteiger partial charge in [0, 0.05) is 60.5 Å². The lowest BCUT2D eigenvalue weighted by Gasteiger charge is -2.32. The van der Waals surface area contributed by atoms with Gasteiger partial charge in [-0.3, -0.25) is 14.3 Å². The predicted octanol–water partition coefficient (Wildman–Crippen LogP) is 4.07. The molecule has 2 aliphatic rings. The first-order valence-electron chi connectivity index (χ1n) is 11.9. The molecular formula is C26H29ClN4O3. The third-order valence-corrected chi connectivity index (χ3v) is 7.22. The maximum atomic E-state index is 12.7. The number of ether oxygens (including phenoxy) is 1. The van der Waals surface area contributed by atoms with E-state index in [-0.39, 0.29) is 17.9 Å². The molecule has 0 aliphatic carbocycles. The Morgan fingerprint density at radius 3 is 2.53 bits per heavy atom. The van der Waals surface area contributed by atoms with Crippen molar-refractivity contribution >= 4 is 34.3 Å². The molecule has 2 aromatic carbocycles. The Morgan fingerprint density at radius 1 is 1.12 bits per heavy atom. The fraction of sp³-hybridized carbons (Fsp3) is 0.423. The average molecular weight is 481 g/mol. The molecule has 1 aromatic heterocycles. The van der Waals surface area contributed by atoms with E-state index in [9.17, 15) is 9.59 Å². The highest BCUT2D eigenvalue weighted by Crippen LogP contribution is 2.25. The van der Waals surface area contributed by atoms with Crippen LogP contribution in [0.4, 0.5) is 0 Å². The van der Waals surface area contributed by atoms with Crippen LogP contribution in [0, 0.1) is 12.8 Å². The molecule has 1 atom stereocenters. The quantitative estimate of drug-likeness (QED) is 0.577. The van der Waals surface area contributed by atoms with Gasteiger partial charge in [-0.2, -0.15) is 5.10 Å². The average Bonchev–Trinajstić information content (AvgIpc) is 3.22. The minimum absolute atomic E-state index is 0.0604. The van der Waals surface area contributed by atoms with Gasteiger partial charge in [-0.25, -0.2) is 0 Å². The van der Waals surface area contributed by atoms with Gasteiger partial charge in [0.2, 0.25) is 0 Å². The van der Waals surface area contributed by atoms with Gasteiger partial charge < -0.3 is 15.0 Å². The zero-order chi connectivity index (χ0) is 23.7. The Hall–Kier alpha value is -2.90. The van der Waals surface area contributed by atoms with Gasteiger partial charge >= 0.3 is 0 Å². The van der Waals surface area contributed by atoms with Crippen molar-refractivity contribution in [3.63, 3.8) is 0 Å². The zero-order valence-corrected chi connectivity index (χ0v) is 20.1. The van der Waals surface area contributed by atoms with E-state index in [2.05, 4.69) is 5.32 Å². The number of likely N-dealkylation sites (tertiary alicyclic amines) is 1. The van der Waals surface area contributed by atoms with E-state index < -0.39 is 0 Å². The fourth-order valence-corrected chi connectivity index (χ4v) is 4.85. The topological polar surface area (TPSA) is 76.5 Å². The minimum atomic E-state index is -0.0691. The van der Waals surface area contributed by atoms with Crippen LogP contribution in [0.5, 0.6) is 0 Å². The number of aromatic nitrogens is 2. The molecule has 0 saturated carbocycles. The van der Waals surface area contributed by atoms with Gasteiger partial charge in [-0.15, -0.1) is 0 Å². The van der Waals surface area contributed by atoms with Crippen LogP contribution < -0.4 is 5.32 Å². The van der Waals surface area contributed by atoms with Crippen LogP contribution in [0.25, 0.3) is 10.9 Å². The van der Waals surface area contributed by atoms with Crippen molar-refractivity contribution in [1.29, 1.82) is 0 Å². The second-order valence-electron chi connectivity index (χ2n) is 9.26. The second kappa shape index (κ2) is 9.76. The normalized spacial score (nSPS) is 18.6. The highest BCUT2D eigenvalue weighted by molar-refractivity contribution is 6.30. The molecule has 1 N–H and O–H groups in total. The van der Waals surface area contributed by atoms with Crippen molar-refractivity contribution in [2.45, 2.75) is 38.8 Å². The molecule has 178 valence electrons. The van der Waals surface area contributed by atoms with Crippen LogP contribution in [-0.2, 0) is 11.3 Å². The molecule has 34 heavy (non-hydrogen) atoms. The van der Waals surface area contributed by atoms with Crippen LogP contribution >= 0.6 is 11.6 Å². The first kappa shape index (κ1) is 22.9. The Balaban J connectivity index is 1.20. The first-order chi connectivity index (χ1) is 16.5. The third-order valence-electron chi connectivity index (χ3n) is 6.97. The number of benzene rings is 2. The Bertz CT molecular complexity index is 1190. The predicted molar refractivity (Wildman–Crippen MR) is 131 cm³/mol. The number of rotatable bonds is 6. The van der Waals surface area contributed by atoms with Crippen molar-refractivity contribution in [3.05, 3.63) is 64.3 Å². The van der Waals surface area contributed by atoms with Crippen molar-refractivity contribution < 1.29 is 14.3 Å². The fourth-order valence-electron chi connectivity index (χ4n) is 4.73. The molecule has 3 heterocycles. The zero-order valence-electron chi connectivity index (χ0n) is 19.3. The summed E-state index contributed by atoms with van der Waals surface area (Å²) in [6.45, 7) is 5.58. The van der Waals surface area contributed by atoms with Gasteiger partial charge in [0.05, 0.1) is 11.6 Å². The summed E-state index contributed by atoms with van der Waals surface area (Å²) in [6.07, 6.45) is 5.06. The largest absolute Gasteiger partial charge is 0.376 e. The van der Waals surface area contributed by atoms with Crippen LogP contribution in [0.1, 0.15) is 45.5 Å². The van der Waals surface area contributed by atoms with Gasteiger partial charge in [0.1, 0.15) is 0 Å². The summed E-state index contributed by atoms with van der Waals surface area (Å²) in [5.74, 6) is 0.444. The summed E-state index contributed by atoms with van der Waals surface area (Å²) < 4.78 is 7.37. The van der Waals surface area contributed by atoms with Crippen molar-refractivity contribution in [1.82, 2.24) is 20.0 Å². The van der Waals surface area contributed by atoms with E-state index in [1.54, 1.807) is 24.3 Å². The Kier molecular flexibility index (Phi) is 6.57. The van der Waals surface area contributed by atoms with Gasteiger partial charge in [-0.1, -0.05) is 11.6 Å². The van der Waals surface area contributed by atoms with E-state index in [1.165, 1.54) is 0 Å². The smallest absolute Gasteiger partial charge is 0.253 e. The van der Waals surface area contributed by atoms with E-state index in [0.29, 0.717) is 28.6 Å². The number of hydrogen-bond donors (Lipinski definition) is 1. The number of aryl methyl sites for hydroxylation is 1. The molecule has 1 unspecified atom stereocenters. The van der Waals surface area contributed by atoms with Crippen molar-refractivity contribution in [3.8, 4) is 0 Å². The maximum absolute atomic E-state index is 12.7. The summed E-state index contributed by atoms with van der Waals surface area (Å²) in [5.41, 5.74) is 3.20. The van der Waals surface area contributed by atoms with Gasteiger partial charge in [0.25, 0.3) is 11.8 Å². The maximum Gasteiger partial charge on any atom is 0.253 e. The molecule has 5 rings (SSSR count). The molecule has 0 spiro atoms. The first-order valence-corrected chi connectivity index (χ1v) is 12.3. The van der Waals surface area contributed by atoms with Crippen LogP contribution in [-0.4, -0.2) is 58.8 Å². The number of halogens is 1. The molecule has 2 amide bonds. The summed E-state index contributed by atoms with van der Waals surface area (Å²) >= 11 is 5.94. The molecular weight excluding hydrogens is 452 g/mol. The summed E-state index contributed by atoms with van der Waals surface area (Å²) in [4.78, 5) is 27.3. The molecule has 8 heteroatoms. The third kappa shape index (κ3) is 4.81. The molecule has 2 aliphatic heterocycles. The number of carbonyl (C=O) groups excluding carboxylic acids is 2. The van der Waals surface area contributed by atoms with Crippen LogP contribution in [0.15, 0.2) is 42.6 Å². The highest BCUT2D eigenvalue weighted by atomic mass is 35.5. The second-order valence-corrected chi connectivity index (χ2v) is 9.69. The van der Waals surface area contributed by atoms with E-state index in [1.807, 2.05) is 34.8 Å². The number of hydrogen-bond acceptors (Lipinski definition) is 4. The van der Waals surface area contributed by atoms with Crippen molar-refractivity contribution in [2.75, 3.05) is 26.2 Å². The van der Waals surface area contributed by atoms with Crippen LogP contribution in [0.2, 0.25) is 5.02 Å². The highest BCUT2D eigenvalue weighted by Gasteiger charge is 2.25. The van der Waals surface area contributed by atoms with Crippen LogP contribution in [0.3, 0.4) is 0 Å². The SMILES string of the molecule is Cc1c(C(=O)NCC2CCO2)ccc2nn(CC3CCN(C(=O)c4ccc(Cl)cc4)CC3)cc12. The van der Waals surface area contributed by atoms with E-state index in [0.717, 1.165) is 62.0 Å². The lowest BCUT2D eigenvalue weighted by molar-refractivity contribution is -0.0472. The van der Waals surface area contributed by atoms with Gasteiger partial charge in [0.15, 0.2) is 0 Å². The van der Waals surface area contributed by atoms with Gasteiger partial charge in [-0.05, 0) is 74.1 Å². The monoisotopic (exact) mass is 480 g/mol. The number of nitrogens with zero attached hydrogens (tertiary/aromatic N) is 3. The Labute approximate surface area is 204 Å². The number of carbonyl (C=O) groups is 2. The van der Waals surface area contributed by atoms with E-state index in [4.69, 9.17) is 21.4 Å². The van der Waals surface area contributed by atoms with Crippen molar-refractivity contribution in [2.24, 2.45) is 5.92 Å². The number of nitrogens with one attached hydrogen (secondary N) is 1. The summed E-state index contributed by atoms with van der Waals surface area (Å²) in [6, 6.07) is 10.8. The summed E-state index contributed by atoms with van der Waals surface area (Å²) in [7, 11) is 0. The lowest BCUT2D eigenvalue weighted by Crippen LogP contribution is -2.39. The van der Waals surface area contributed by atoms with E-state index >= 15 is 0 Å². The summed E-state index contributed by atoms with van der Waals surface area (Å²) in [5, 5.41) is 9.36. The molecule has 0 bridgehead atoms. The standard InChI is InChI=1S/C26H29ClN4O3/c1-17-22(25(32)28-14-21-10-13-34-21)6-7-24-23(17)16-31(29-24)15-18-8-11-30(12-9-18)26(33)19-2-4-20(27)5-3-19/h2-7,16,18,21H,8-15H2,1H3,(H,28,32). The molecule has 0 radical (unpaired) electrons. The minimum Gasteiger partial charge on any atom is -0.376 e. The number of piperidine rings is 1. The molecule has 7 nitrogen and oxygen atoms in total. The molecule has 2 fully saturated rings. The number of amides is 2. The lowest BCUT2D eigenvalue weighted by atomic mass is 9.96. The number of fused-ring (bicyclic) bond motifs is 1. The molecule has 3 aromatic rings.